The smallest absolute Gasteiger partial charge is 0.0166 e. The van der Waals surface area contributed by atoms with Gasteiger partial charge >= 0.3 is 0 Å². The molecule has 2 fully saturated rings. The molecular weight excluding hydrogens is 238 g/mol. The van der Waals surface area contributed by atoms with Gasteiger partial charge in [0.2, 0.25) is 0 Å². The van der Waals surface area contributed by atoms with Crippen LogP contribution in [0, 0.1) is 11.3 Å². The highest BCUT2D eigenvalue weighted by Crippen LogP contribution is 2.34. The van der Waals surface area contributed by atoms with Crippen LogP contribution in [0.25, 0.3) is 0 Å². The first kappa shape index (κ1) is 14.7. The van der Waals surface area contributed by atoms with Crippen molar-refractivity contribution in [2.45, 2.75) is 77.8 Å². The largest absolute Gasteiger partial charge is 0.310 e. The lowest BCUT2D eigenvalue weighted by atomic mass is 9.86. The summed E-state index contributed by atoms with van der Waals surface area (Å²) < 4.78 is 0. The summed E-state index contributed by atoms with van der Waals surface area (Å²) in [4.78, 5) is 0. The van der Waals surface area contributed by atoms with Crippen LogP contribution in [-0.2, 0) is 0 Å². The minimum absolute atomic E-state index is 0.532. The van der Waals surface area contributed by atoms with Crippen molar-refractivity contribution >= 4 is 11.8 Å². The molecule has 1 heterocycles. The van der Waals surface area contributed by atoms with Gasteiger partial charge in [0, 0.05) is 17.8 Å². The summed E-state index contributed by atoms with van der Waals surface area (Å²) in [5, 5.41) is 3.95. The molecule has 0 aromatic heterocycles. The highest BCUT2D eigenvalue weighted by atomic mass is 32.2. The van der Waals surface area contributed by atoms with Gasteiger partial charge in [-0.3, -0.25) is 0 Å². The molecule has 0 spiro atoms. The van der Waals surface area contributed by atoms with Gasteiger partial charge in [-0.15, -0.1) is 0 Å². The molecule has 2 rings (SSSR count). The van der Waals surface area contributed by atoms with E-state index in [1.807, 2.05) is 0 Å². The van der Waals surface area contributed by atoms with Crippen LogP contribution < -0.4 is 5.32 Å². The zero-order valence-electron chi connectivity index (χ0n) is 12.5. The fraction of sp³-hybridized carbons (Fsp3) is 1.00. The lowest BCUT2D eigenvalue weighted by Gasteiger charge is -2.38. The van der Waals surface area contributed by atoms with E-state index in [4.69, 9.17) is 0 Å². The molecule has 106 valence electrons. The van der Waals surface area contributed by atoms with E-state index in [2.05, 4.69) is 37.8 Å². The Bertz CT molecular complexity index is 243. The molecule has 1 aliphatic carbocycles. The zero-order chi connectivity index (χ0) is 13.0. The van der Waals surface area contributed by atoms with Crippen LogP contribution in [0.5, 0.6) is 0 Å². The van der Waals surface area contributed by atoms with Crippen molar-refractivity contribution in [1.29, 1.82) is 0 Å². The summed E-state index contributed by atoms with van der Waals surface area (Å²) in [6, 6.07) is 1.47. The molecule has 0 aromatic rings. The zero-order valence-corrected chi connectivity index (χ0v) is 13.3. The summed E-state index contributed by atoms with van der Waals surface area (Å²) in [7, 11) is 0. The van der Waals surface area contributed by atoms with Gasteiger partial charge in [-0.1, -0.05) is 39.5 Å². The van der Waals surface area contributed by atoms with Crippen molar-refractivity contribution in [3.63, 3.8) is 0 Å². The summed E-state index contributed by atoms with van der Waals surface area (Å²) in [6.07, 6.45) is 10.1. The van der Waals surface area contributed by atoms with Gasteiger partial charge in [-0.2, -0.15) is 11.8 Å². The Morgan fingerprint density at radius 1 is 1.11 bits per heavy atom. The molecule has 2 atom stereocenters. The Hall–Kier alpha value is 0.310. The second-order valence-electron chi connectivity index (χ2n) is 7.29. The summed E-state index contributed by atoms with van der Waals surface area (Å²) in [6.45, 7) is 7.27. The third-order valence-corrected chi connectivity index (χ3v) is 6.34. The summed E-state index contributed by atoms with van der Waals surface area (Å²) in [5.41, 5.74) is 0.532. The van der Waals surface area contributed by atoms with E-state index < -0.39 is 0 Å². The first-order valence-electron chi connectivity index (χ1n) is 7.91. The standard InChI is InChI=1S/C16H31NS/c1-13(14-8-6-4-5-7-9-14)17-15-10-16(2,3)12-18-11-15/h13-15,17H,4-12H2,1-3H3/t13-,15?/m1/s1. The molecule has 1 nitrogen and oxygen atoms in total. The molecule has 2 aliphatic rings. The number of hydrogen-bond acceptors (Lipinski definition) is 2. The average molecular weight is 269 g/mol. The second kappa shape index (κ2) is 6.65. The third-order valence-electron chi connectivity index (χ3n) is 4.72. The molecule has 0 bridgehead atoms. The van der Waals surface area contributed by atoms with Gasteiger partial charge < -0.3 is 5.32 Å². The fourth-order valence-corrected chi connectivity index (χ4v) is 4.98. The van der Waals surface area contributed by atoms with Gasteiger partial charge in [-0.25, -0.2) is 0 Å². The molecular formula is C16H31NS. The van der Waals surface area contributed by atoms with E-state index in [-0.39, 0.29) is 0 Å². The maximum atomic E-state index is 3.95. The fourth-order valence-electron chi connectivity index (χ4n) is 3.69. The molecule has 1 N–H and O–H groups in total. The Kier molecular flexibility index (Phi) is 5.44. The van der Waals surface area contributed by atoms with Gasteiger partial charge in [0.15, 0.2) is 0 Å². The maximum Gasteiger partial charge on any atom is 0.0166 e. The van der Waals surface area contributed by atoms with Crippen LogP contribution in [-0.4, -0.2) is 23.6 Å². The molecule has 1 saturated carbocycles. The van der Waals surface area contributed by atoms with Crippen molar-refractivity contribution < 1.29 is 0 Å². The van der Waals surface area contributed by atoms with Crippen molar-refractivity contribution in [3.8, 4) is 0 Å². The number of nitrogens with one attached hydrogen (secondary N) is 1. The molecule has 0 radical (unpaired) electrons. The SMILES string of the molecule is C[C@@H](NC1CSCC(C)(C)C1)C1CCCCCC1. The Morgan fingerprint density at radius 2 is 1.78 bits per heavy atom. The highest BCUT2D eigenvalue weighted by molar-refractivity contribution is 7.99. The monoisotopic (exact) mass is 269 g/mol. The molecule has 18 heavy (non-hydrogen) atoms. The Morgan fingerprint density at radius 3 is 2.39 bits per heavy atom. The first-order valence-corrected chi connectivity index (χ1v) is 9.06. The second-order valence-corrected chi connectivity index (χ2v) is 8.32. The predicted molar refractivity (Wildman–Crippen MR) is 83.3 cm³/mol. The van der Waals surface area contributed by atoms with Crippen molar-refractivity contribution in [2.24, 2.45) is 11.3 Å². The van der Waals surface area contributed by atoms with Crippen LogP contribution in [0.4, 0.5) is 0 Å². The predicted octanol–water partition coefficient (Wildman–Crippen LogP) is 4.47. The van der Waals surface area contributed by atoms with Gasteiger partial charge in [0.05, 0.1) is 0 Å². The van der Waals surface area contributed by atoms with E-state index >= 15 is 0 Å². The Labute approximate surface area is 118 Å². The molecule has 0 amide bonds. The highest BCUT2D eigenvalue weighted by Gasteiger charge is 2.30. The van der Waals surface area contributed by atoms with Gasteiger partial charge in [0.1, 0.15) is 0 Å². The van der Waals surface area contributed by atoms with Gasteiger partial charge in [0.25, 0.3) is 0 Å². The average Bonchev–Trinajstić information content (AvgIpc) is 2.55. The van der Waals surface area contributed by atoms with E-state index in [0.717, 1.165) is 18.0 Å². The van der Waals surface area contributed by atoms with E-state index in [1.54, 1.807) is 0 Å². The maximum absolute atomic E-state index is 3.95. The lowest BCUT2D eigenvalue weighted by Crippen LogP contribution is -2.46. The lowest BCUT2D eigenvalue weighted by molar-refractivity contribution is 0.262. The minimum Gasteiger partial charge on any atom is -0.310 e. The summed E-state index contributed by atoms with van der Waals surface area (Å²) >= 11 is 2.14. The molecule has 1 saturated heterocycles. The molecule has 1 aliphatic heterocycles. The third kappa shape index (κ3) is 4.45. The normalized spacial score (nSPS) is 31.8. The van der Waals surface area contributed by atoms with E-state index in [1.165, 1.54) is 56.5 Å². The van der Waals surface area contributed by atoms with Gasteiger partial charge in [-0.05, 0) is 43.3 Å². The number of thioether (sulfide) groups is 1. The van der Waals surface area contributed by atoms with Crippen LogP contribution in [0.3, 0.4) is 0 Å². The molecule has 0 aromatic carbocycles. The van der Waals surface area contributed by atoms with Crippen LogP contribution >= 0.6 is 11.8 Å². The quantitative estimate of drug-likeness (QED) is 0.759. The van der Waals surface area contributed by atoms with Crippen molar-refractivity contribution in [2.75, 3.05) is 11.5 Å². The van der Waals surface area contributed by atoms with E-state index in [9.17, 15) is 0 Å². The minimum atomic E-state index is 0.532. The van der Waals surface area contributed by atoms with Crippen LogP contribution in [0.15, 0.2) is 0 Å². The Balaban J connectivity index is 1.80. The van der Waals surface area contributed by atoms with Crippen molar-refractivity contribution in [3.05, 3.63) is 0 Å². The first-order chi connectivity index (χ1) is 8.57. The van der Waals surface area contributed by atoms with Crippen LogP contribution in [0.1, 0.15) is 65.7 Å². The number of hydrogen-bond donors (Lipinski definition) is 1. The molecule has 1 unspecified atom stereocenters. The topological polar surface area (TPSA) is 12.0 Å². The van der Waals surface area contributed by atoms with E-state index in [0.29, 0.717) is 5.41 Å². The van der Waals surface area contributed by atoms with Crippen LogP contribution in [0.2, 0.25) is 0 Å². The van der Waals surface area contributed by atoms with Crippen molar-refractivity contribution in [1.82, 2.24) is 5.32 Å². The summed E-state index contributed by atoms with van der Waals surface area (Å²) in [5.74, 6) is 3.59. The molecule has 2 heteroatoms. The number of rotatable bonds is 3.